The number of ether oxygens (including phenoxy) is 1. The number of primary sulfonamides is 1. The highest BCUT2D eigenvalue weighted by Crippen LogP contribution is 2.28. The molecule has 3 N–H and O–H groups in total. The number of nitrogens with zero attached hydrogens (tertiary/aromatic N) is 2. The zero-order valence-corrected chi connectivity index (χ0v) is 17.6. The normalized spacial score (nSPS) is 11.4. The highest BCUT2D eigenvalue weighted by molar-refractivity contribution is 7.89. The number of phenols is 1. The first-order valence-corrected chi connectivity index (χ1v) is 11.1. The summed E-state index contributed by atoms with van der Waals surface area (Å²) in [5.74, 6) is 0.422. The van der Waals surface area contributed by atoms with Crippen molar-refractivity contribution in [2.75, 3.05) is 0 Å². The maximum absolute atomic E-state index is 11.6. The predicted molar refractivity (Wildman–Crippen MR) is 118 cm³/mol. The number of rotatable bonds is 6. The molecular weight excluding hydrogens is 414 g/mol. The van der Waals surface area contributed by atoms with Gasteiger partial charge >= 0.3 is 0 Å². The van der Waals surface area contributed by atoms with E-state index >= 15 is 0 Å². The van der Waals surface area contributed by atoms with Crippen molar-refractivity contribution in [1.82, 2.24) is 9.78 Å². The topological polar surface area (TPSA) is 107 Å². The summed E-state index contributed by atoms with van der Waals surface area (Å²) in [6.07, 6.45) is 0. The summed E-state index contributed by atoms with van der Waals surface area (Å²) in [5.41, 5.74) is 4.23. The number of sulfonamides is 1. The number of hydrogen-bond donors (Lipinski definition) is 2. The van der Waals surface area contributed by atoms with Gasteiger partial charge in [-0.05, 0) is 49.4 Å². The van der Waals surface area contributed by atoms with Gasteiger partial charge in [0.1, 0.15) is 12.3 Å². The molecule has 0 aliphatic heterocycles. The maximum Gasteiger partial charge on any atom is 0.238 e. The second-order valence-corrected chi connectivity index (χ2v) is 8.66. The van der Waals surface area contributed by atoms with E-state index in [9.17, 15) is 13.5 Å². The number of aromatic hydroxyl groups is 1. The molecule has 7 nitrogen and oxygen atoms in total. The number of para-hydroxylation sites is 2. The molecule has 0 bridgehead atoms. The fourth-order valence-corrected chi connectivity index (χ4v) is 3.65. The second-order valence-electron chi connectivity index (χ2n) is 7.09. The molecule has 31 heavy (non-hydrogen) atoms. The van der Waals surface area contributed by atoms with Crippen molar-refractivity contribution in [3.8, 4) is 28.4 Å². The molecule has 0 saturated carbocycles. The van der Waals surface area contributed by atoms with Gasteiger partial charge in [0.2, 0.25) is 10.0 Å². The summed E-state index contributed by atoms with van der Waals surface area (Å²) in [6, 6.07) is 22.8. The van der Waals surface area contributed by atoms with Crippen molar-refractivity contribution in [3.63, 3.8) is 0 Å². The molecule has 1 aromatic heterocycles. The second kappa shape index (κ2) is 8.25. The molecular formula is C23H21N3O4S. The van der Waals surface area contributed by atoms with Gasteiger partial charge in [-0.1, -0.05) is 42.0 Å². The number of aromatic nitrogens is 2. The Kier molecular flexibility index (Phi) is 5.50. The van der Waals surface area contributed by atoms with E-state index in [0.717, 1.165) is 16.8 Å². The number of hydrogen-bond acceptors (Lipinski definition) is 5. The van der Waals surface area contributed by atoms with Crippen LogP contribution in [0.4, 0.5) is 0 Å². The molecule has 4 rings (SSSR count). The van der Waals surface area contributed by atoms with Gasteiger partial charge < -0.3 is 9.84 Å². The Morgan fingerprint density at radius 3 is 2.32 bits per heavy atom. The van der Waals surface area contributed by atoms with Crippen LogP contribution in [0.1, 0.15) is 11.3 Å². The smallest absolute Gasteiger partial charge is 0.238 e. The highest BCUT2D eigenvalue weighted by Gasteiger charge is 2.14. The number of benzene rings is 3. The van der Waals surface area contributed by atoms with Gasteiger partial charge in [0.15, 0.2) is 11.5 Å². The summed E-state index contributed by atoms with van der Waals surface area (Å²) >= 11 is 0. The number of aryl methyl sites for hydroxylation is 1. The quantitative estimate of drug-likeness (QED) is 0.479. The van der Waals surface area contributed by atoms with Crippen molar-refractivity contribution in [2.45, 2.75) is 18.4 Å². The van der Waals surface area contributed by atoms with Crippen LogP contribution >= 0.6 is 0 Å². The Hall–Kier alpha value is -3.62. The lowest BCUT2D eigenvalue weighted by Crippen LogP contribution is -2.12. The lowest BCUT2D eigenvalue weighted by molar-refractivity contribution is 0.284. The van der Waals surface area contributed by atoms with Crippen LogP contribution in [0.3, 0.4) is 0 Å². The third-order valence-corrected chi connectivity index (χ3v) is 5.69. The Bertz CT molecular complexity index is 1310. The standard InChI is InChI=1S/C23H21N3O4S/c1-16-6-8-17(9-7-16)21-14-18(15-30-23-5-3-2-4-22(23)27)25-26(21)19-10-12-20(13-11-19)31(24,28)29/h2-14,27H,15H2,1H3,(H2,24,28,29). The van der Waals surface area contributed by atoms with Gasteiger partial charge in [-0.3, -0.25) is 0 Å². The molecule has 0 saturated heterocycles. The van der Waals surface area contributed by atoms with Crippen molar-refractivity contribution in [1.29, 1.82) is 0 Å². The average Bonchev–Trinajstić information content (AvgIpc) is 3.17. The highest BCUT2D eigenvalue weighted by atomic mass is 32.2. The fraction of sp³-hybridized carbons (Fsp3) is 0.0870. The van der Waals surface area contributed by atoms with Gasteiger partial charge in [0, 0.05) is 5.56 Å². The molecule has 0 spiro atoms. The van der Waals surface area contributed by atoms with E-state index < -0.39 is 10.0 Å². The van der Waals surface area contributed by atoms with Crippen LogP contribution in [0.2, 0.25) is 0 Å². The molecule has 0 unspecified atom stereocenters. The Morgan fingerprint density at radius 1 is 1.00 bits per heavy atom. The molecule has 1 heterocycles. The van der Waals surface area contributed by atoms with Gasteiger partial charge in [-0.2, -0.15) is 5.10 Å². The first-order chi connectivity index (χ1) is 14.8. The summed E-state index contributed by atoms with van der Waals surface area (Å²) in [7, 11) is -3.78. The van der Waals surface area contributed by atoms with Gasteiger partial charge in [0.25, 0.3) is 0 Å². The molecule has 158 valence electrons. The van der Waals surface area contributed by atoms with E-state index in [1.165, 1.54) is 12.1 Å². The van der Waals surface area contributed by atoms with Crippen LogP contribution in [-0.2, 0) is 16.6 Å². The summed E-state index contributed by atoms with van der Waals surface area (Å²) in [4.78, 5) is 0.0309. The zero-order chi connectivity index (χ0) is 22.0. The van der Waals surface area contributed by atoms with Crippen molar-refractivity contribution >= 4 is 10.0 Å². The minimum atomic E-state index is -3.78. The Balaban J connectivity index is 1.72. The Labute approximate surface area is 180 Å². The number of phenolic OH excluding ortho intramolecular Hbond substituents is 1. The van der Waals surface area contributed by atoms with Crippen LogP contribution in [0.15, 0.2) is 83.8 Å². The average molecular weight is 436 g/mol. The lowest BCUT2D eigenvalue weighted by atomic mass is 10.1. The molecule has 8 heteroatoms. The predicted octanol–water partition coefficient (Wildman–Crippen LogP) is 3.78. The minimum Gasteiger partial charge on any atom is -0.504 e. The van der Waals surface area contributed by atoms with E-state index in [-0.39, 0.29) is 17.3 Å². The molecule has 0 atom stereocenters. The van der Waals surface area contributed by atoms with Crippen LogP contribution in [0, 0.1) is 6.92 Å². The van der Waals surface area contributed by atoms with Crippen LogP contribution < -0.4 is 9.88 Å². The molecule has 0 radical (unpaired) electrons. The van der Waals surface area contributed by atoms with Crippen LogP contribution in [0.5, 0.6) is 11.5 Å². The van der Waals surface area contributed by atoms with E-state index in [1.807, 2.05) is 37.3 Å². The molecule has 0 aliphatic rings. The van der Waals surface area contributed by atoms with E-state index in [1.54, 1.807) is 41.1 Å². The molecule has 0 aliphatic carbocycles. The van der Waals surface area contributed by atoms with E-state index in [4.69, 9.17) is 9.88 Å². The SMILES string of the molecule is Cc1ccc(-c2cc(COc3ccccc3O)nn2-c2ccc(S(N)(=O)=O)cc2)cc1. The first-order valence-electron chi connectivity index (χ1n) is 9.51. The first kappa shape index (κ1) is 20.6. The van der Waals surface area contributed by atoms with Crippen molar-refractivity contribution in [2.24, 2.45) is 5.14 Å². The van der Waals surface area contributed by atoms with Crippen molar-refractivity contribution < 1.29 is 18.3 Å². The van der Waals surface area contributed by atoms with Crippen LogP contribution in [0.25, 0.3) is 16.9 Å². The van der Waals surface area contributed by atoms with Crippen molar-refractivity contribution in [3.05, 3.63) is 90.1 Å². The minimum absolute atomic E-state index is 0.0309. The molecule has 0 fully saturated rings. The van der Waals surface area contributed by atoms with E-state index in [0.29, 0.717) is 17.1 Å². The summed E-state index contributed by atoms with van der Waals surface area (Å²) in [6.45, 7) is 2.16. The number of nitrogens with two attached hydrogens (primary N) is 1. The van der Waals surface area contributed by atoms with E-state index in [2.05, 4.69) is 5.10 Å². The van der Waals surface area contributed by atoms with Gasteiger partial charge in [-0.25, -0.2) is 18.2 Å². The molecule has 3 aromatic carbocycles. The van der Waals surface area contributed by atoms with Gasteiger partial charge in [0.05, 0.1) is 16.3 Å². The van der Waals surface area contributed by atoms with Crippen LogP contribution in [-0.4, -0.2) is 23.3 Å². The van der Waals surface area contributed by atoms with Gasteiger partial charge in [-0.15, -0.1) is 0 Å². The third-order valence-electron chi connectivity index (χ3n) is 4.76. The summed E-state index contributed by atoms with van der Waals surface area (Å²) < 4.78 is 30.6. The fourth-order valence-electron chi connectivity index (χ4n) is 3.14. The monoisotopic (exact) mass is 435 g/mol. The molecule has 0 amide bonds. The zero-order valence-electron chi connectivity index (χ0n) is 16.8. The maximum atomic E-state index is 11.6. The largest absolute Gasteiger partial charge is 0.504 e. The lowest BCUT2D eigenvalue weighted by Gasteiger charge is -2.09. The summed E-state index contributed by atoms with van der Waals surface area (Å²) in [5, 5.41) is 19.8. The molecule has 4 aromatic rings. The Morgan fingerprint density at radius 2 is 1.68 bits per heavy atom. The third kappa shape index (κ3) is 4.60.